The smallest absolute Gasteiger partial charge is 0.394 e. The molecule has 0 radical (unpaired) electrons. The number of hydrogen-bond donors (Lipinski definition) is 1. The molecule has 0 heterocycles. The Balaban J connectivity index is 3.36. The van der Waals surface area contributed by atoms with Crippen LogP contribution >= 0.6 is 0 Å². The zero-order valence-corrected chi connectivity index (χ0v) is 11.5. The van der Waals surface area contributed by atoms with E-state index in [-0.39, 0.29) is 33.0 Å². The van der Waals surface area contributed by atoms with Crippen molar-refractivity contribution in [2.24, 2.45) is 0 Å². The second-order valence-electron chi connectivity index (χ2n) is 3.35. The van der Waals surface area contributed by atoms with E-state index in [1.807, 2.05) is 6.92 Å². The van der Waals surface area contributed by atoms with Crippen LogP contribution in [0.5, 0.6) is 0 Å². The molecule has 1 N–H and O–H groups in total. The fourth-order valence-corrected chi connectivity index (χ4v) is 1.58. The van der Waals surface area contributed by atoms with E-state index in [0.29, 0.717) is 19.6 Å². The minimum Gasteiger partial charge on any atom is -0.394 e. The quantitative estimate of drug-likeness (QED) is 0.480. The largest absolute Gasteiger partial charge is 0.399 e. The summed E-state index contributed by atoms with van der Waals surface area (Å²) >= 11 is 0. The Morgan fingerprint density at radius 2 is 1.44 bits per heavy atom. The molecule has 0 aromatic carbocycles. The predicted octanol–water partition coefficient (Wildman–Crippen LogP) is 0.0900. The van der Waals surface area contributed by atoms with Gasteiger partial charge in [-0.3, -0.25) is 0 Å². The molecule has 0 aromatic rings. The lowest BCUT2D eigenvalue weighted by atomic mass is 10.4. The Hall–Kier alpha value is -0.250. The lowest BCUT2D eigenvalue weighted by Gasteiger charge is -2.06. The van der Waals surface area contributed by atoms with Gasteiger partial charge >= 0.3 is 10.4 Å². The maximum atomic E-state index is 11.1. The van der Waals surface area contributed by atoms with Gasteiger partial charge in [0.25, 0.3) is 0 Å². The summed E-state index contributed by atoms with van der Waals surface area (Å²) in [5, 5.41) is 8.42. The van der Waals surface area contributed by atoms with Crippen molar-refractivity contribution in [3.8, 4) is 0 Å². The molecule has 0 saturated heterocycles. The molecule has 0 amide bonds. The third-order valence-corrected chi connectivity index (χ3v) is 2.70. The van der Waals surface area contributed by atoms with Crippen molar-refractivity contribution in [1.82, 2.24) is 0 Å². The zero-order valence-electron chi connectivity index (χ0n) is 10.7. The highest BCUT2D eigenvalue weighted by Gasteiger charge is 2.10. The van der Waals surface area contributed by atoms with E-state index in [0.717, 1.165) is 6.42 Å². The van der Waals surface area contributed by atoms with E-state index >= 15 is 0 Å². The molecular formula is C10H22O7S. The first-order valence-corrected chi connectivity index (χ1v) is 7.26. The van der Waals surface area contributed by atoms with E-state index in [4.69, 9.17) is 14.6 Å². The first kappa shape index (κ1) is 17.8. The summed E-state index contributed by atoms with van der Waals surface area (Å²) in [6.07, 6.45) is 1.52. The molecule has 0 atom stereocenters. The van der Waals surface area contributed by atoms with Gasteiger partial charge in [-0.2, -0.15) is 8.42 Å². The molecule has 0 spiro atoms. The monoisotopic (exact) mass is 286 g/mol. The predicted molar refractivity (Wildman–Crippen MR) is 64.5 cm³/mol. The van der Waals surface area contributed by atoms with Crippen molar-refractivity contribution < 1.29 is 31.4 Å². The lowest BCUT2D eigenvalue weighted by Crippen LogP contribution is -2.16. The van der Waals surface area contributed by atoms with Gasteiger partial charge in [0.1, 0.15) is 0 Å². The Morgan fingerprint density at radius 1 is 0.889 bits per heavy atom. The van der Waals surface area contributed by atoms with Gasteiger partial charge in [0.15, 0.2) is 0 Å². The number of hydrogen-bond acceptors (Lipinski definition) is 7. The Bertz CT molecular complexity index is 265. The summed E-state index contributed by atoms with van der Waals surface area (Å²) in [5.74, 6) is 0. The first-order valence-electron chi connectivity index (χ1n) is 5.92. The van der Waals surface area contributed by atoms with Crippen LogP contribution in [0.15, 0.2) is 0 Å². The molecule has 0 aliphatic rings. The van der Waals surface area contributed by atoms with Gasteiger partial charge in [0, 0.05) is 0 Å². The molecule has 110 valence electrons. The van der Waals surface area contributed by atoms with Gasteiger partial charge in [-0.15, -0.1) is 0 Å². The Kier molecular flexibility index (Phi) is 11.7. The average molecular weight is 286 g/mol. The molecule has 0 rings (SSSR count). The normalized spacial score (nSPS) is 11.9. The van der Waals surface area contributed by atoms with E-state index in [2.05, 4.69) is 8.37 Å². The highest BCUT2D eigenvalue weighted by atomic mass is 32.3. The third-order valence-electron chi connectivity index (χ3n) is 1.79. The van der Waals surface area contributed by atoms with Crippen molar-refractivity contribution in [2.75, 3.05) is 46.2 Å². The van der Waals surface area contributed by atoms with Gasteiger partial charge in [0.05, 0.1) is 46.2 Å². The van der Waals surface area contributed by atoms with Crippen LogP contribution < -0.4 is 0 Å². The highest BCUT2D eigenvalue weighted by Crippen LogP contribution is 1.98. The second-order valence-corrected chi connectivity index (χ2v) is 4.64. The third kappa shape index (κ3) is 12.2. The highest BCUT2D eigenvalue weighted by molar-refractivity contribution is 7.81. The topological polar surface area (TPSA) is 91.3 Å². The van der Waals surface area contributed by atoms with Gasteiger partial charge in [0.2, 0.25) is 0 Å². The van der Waals surface area contributed by atoms with E-state index < -0.39 is 10.4 Å². The second kappa shape index (κ2) is 11.8. The number of rotatable bonds is 13. The van der Waals surface area contributed by atoms with Crippen LogP contribution in [0.2, 0.25) is 0 Å². The van der Waals surface area contributed by atoms with Crippen molar-refractivity contribution in [1.29, 1.82) is 0 Å². The van der Waals surface area contributed by atoms with Crippen LogP contribution in [-0.4, -0.2) is 59.8 Å². The van der Waals surface area contributed by atoms with Crippen LogP contribution in [0.4, 0.5) is 0 Å². The van der Waals surface area contributed by atoms with Crippen molar-refractivity contribution >= 4 is 10.4 Å². The molecule has 0 saturated carbocycles. The molecule has 18 heavy (non-hydrogen) atoms. The summed E-state index contributed by atoms with van der Waals surface area (Å²) in [5.41, 5.74) is 0. The molecule has 7 nitrogen and oxygen atoms in total. The Labute approximate surface area is 108 Å². The van der Waals surface area contributed by atoms with E-state index in [1.54, 1.807) is 0 Å². The van der Waals surface area contributed by atoms with Gasteiger partial charge in [-0.1, -0.05) is 13.3 Å². The van der Waals surface area contributed by atoms with E-state index in [9.17, 15) is 8.42 Å². The molecular weight excluding hydrogens is 264 g/mol. The molecule has 0 aliphatic heterocycles. The Morgan fingerprint density at radius 3 is 2.06 bits per heavy atom. The summed E-state index contributed by atoms with van der Waals surface area (Å²) < 4.78 is 41.4. The molecule has 0 unspecified atom stereocenters. The number of ether oxygens (including phenoxy) is 2. The van der Waals surface area contributed by atoms with E-state index in [1.165, 1.54) is 0 Å². The molecule has 0 bridgehead atoms. The van der Waals surface area contributed by atoms with Crippen LogP contribution in [-0.2, 0) is 28.2 Å². The molecule has 8 heteroatoms. The van der Waals surface area contributed by atoms with Crippen molar-refractivity contribution in [3.63, 3.8) is 0 Å². The number of aliphatic hydroxyl groups is 1. The molecule has 0 aromatic heterocycles. The maximum Gasteiger partial charge on any atom is 0.399 e. The standard InChI is InChI=1S/C10H22O7S/c1-2-3-5-16-18(12,13)17-10-9-15-8-7-14-6-4-11/h11H,2-10H2,1H3. The fraction of sp³-hybridized carbons (Fsp3) is 1.00. The molecule has 0 fully saturated rings. The summed E-state index contributed by atoms with van der Waals surface area (Å²) in [6.45, 7) is 3.02. The minimum absolute atomic E-state index is 0.0313. The van der Waals surface area contributed by atoms with Crippen LogP contribution in [0.25, 0.3) is 0 Å². The summed E-state index contributed by atoms with van der Waals surface area (Å²) in [6, 6.07) is 0. The van der Waals surface area contributed by atoms with Gasteiger partial charge < -0.3 is 14.6 Å². The van der Waals surface area contributed by atoms with Crippen LogP contribution in [0.1, 0.15) is 19.8 Å². The summed E-state index contributed by atoms with van der Waals surface area (Å²) in [7, 11) is -3.90. The average Bonchev–Trinajstić information content (AvgIpc) is 2.33. The minimum atomic E-state index is -3.90. The van der Waals surface area contributed by atoms with Crippen molar-refractivity contribution in [2.45, 2.75) is 19.8 Å². The summed E-state index contributed by atoms with van der Waals surface area (Å²) in [4.78, 5) is 0. The zero-order chi connectivity index (χ0) is 13.7. The number of aliphatic hydroxyl groups excluding tert-OH is 1. The molecule has 0 aliphatic carbocycles. The van der Waals surface area contributed by atoms with Gasteiger partial charge in [-0.25, -0.2) is 8.37 Å². The van der Waals surface area contributed by atoms with Crippen LogP contribution in [0, 0.1) is 0 Å². The fourth-order valence-electron chi connectivity index (χ4n) is 0.921. The van der Waals surface area contributed by atoms with Gasteiger partial charge in [-0.05, 0) is 6.42 Å². The lowest BCUT2D eigenvalue weighted by molar-refractivity contribution is 0.0236. The SMILES string of the molecule is CCCCOS(=O)(=O)OCCOCCOCCO. The first-order chi connectivity index (χ1) is 8.62. The van der Waals surface area contributed by atoms with Crippen molar-refractivity contribution in [3.05, 3.63) is 0 Å². The number of unbranched alkanes of at least 4 members (excludes halogenated alkanes) is 1. The maximum absolute atomic E-state index is 11.1. The van der Waals surface area contributed by atoms with Crippen LogP contribution in [0.3, 0.4) is 0 Å².